The van der Waals surface area contributed by atoms with E-state index in [2.05, 4.69) is 20.9 Å². The first-order valence-corrected chi connectivity index (χ1v) is 7.61. The van der Waals surface area contributed by atoms with Gasteiger partial charge in [0.05, 0.1) is 6.42 Å². The number of rotatable bonds is 6. The zero-order chi connectivity index (χ0) is 16.1. The van der Waals surface area contributed by atoms with Crippen LogP contribution in [0.3, 0.4) is 0 Å². The zero-order valence-electron chi connectivity index (χ0n) is 12.1. The first-order valence-electron chi connectivity index (χ1n) is 6.82. The van der Waals surface area contributed by atoms with Crippen LogP contribution in [0.25, 0.3) is 5.69 Å². The van der Waals surface area contributed by atoms with Crippen LogP contribution in [0.5, 0.6) is 0 Å². The van der Waals surface area contributed by atoms with Crippen LogP contribution in [0.1, 0.15) is 23.8 Å². The summed E-state index contributed by atoms with van der Waals surface area (Å²) in [4.78, 5) is 28.6. The Labute approximate surface area is 136 Å². The molecule has 0 radical (unpaired) electrons. The molecule has 0 aliphatic heterocycles. The van der Waals surface area contributed by atoms with Crippen molar-refractivity contribution >= 4 is 27.8 Å². The molecular weight excluding hydrogens is 350 g/mol. The van der Waals surface area contributed by atoms with E-state index in [0.29, 0.717) is 12.2 Å². The number of hydrogen-bond donors (Lipinski definition) is 1. The van der Waals surface area contributed by atoms with Gasteiger partial charge in [-0.05, 0) is 31.2 Å². The molecule has 0 unspecified atom stereocenters. The highest BCUT2D eigenvalue weighted by atomic mass is 79.9. The van der Waals surface area contributed by atoms with Gasteiger partial charge in [-0.1, -0.05) is 15.9 Å². The number of hydrogen-bond acceptors (Lipinski definition) is 3. The summed E-state index contributed by atoms with van der Waals surface area (Å²) < 4.78 is 2.73. The van der Waals surface area contributed by atoms with Crippen molar-refractivity contribution in [2.24, 2.45) is 0 Å². The van der Waals surface area contributed by atoms with Crippen LogP contribution in [0.2, 0.25) is 0 Å². The minimum Gasteiger partial charge on any atom is -0.481 e. The Kier molecular flexibility index (Phi) is 5.32. The second-order valence-electron chi connectivity index (χ2n) is 4.67. The molecule has 0 aliphatic carbocycles. The lowest BCUT2D eigenvalue weighted by Gasteiger charge is -2.18. The zero-order valence-corrected chi connectivity index (χ0v) is 13.7. The van der Waals surface area contributed by atoms with E-state index in [4.69, 9.17) is 5.11 Å². The van der Waals surface area contributed by atoms with E-state index in [1.807, 2.05) is 31.2 Å². The summed E-state index contributed by atoms with van der Waals surface area (Å²) in [7, 11) is 0. The quantitative estimate of drug-likeness (QED) is 0.853. The molecule has 1 amide bonds. The fourth-order valence-electron chi connectivity index (χ4n) is 1.98. The lowest BCUT2D eigenvalue weighted by molar-refractivity contribution is -0.137. The van der Waals surface area contributed by atoms with Crippen LogP contribution < -0.4 is 0 Å². The predicted molar refractivity (Wildman–Crippen MR) is 85.1 cm³/mol. The number of amides is 1. The summed E-state index contributed by atoms with van der Waals surface area (Å²) >= 11 is 3.37. The number of halogens is 1. The monoisotopic (exact) mass is 365 g/mol. The Morgan fingerprint density at radius 1 is 1.32 bits per heavy atom. The van der Waals surface area contributed by atoms with Gasteiger partial charge in [0, 0.05) is 29.4 Å². The number of nitrogens with zero attached hydrogens (tertiary/aromatic N) is 3. The normalized spacial score (nSPS) is 10.5. The number of carboxylic acids is 1. The van der Waals surface area contributed by atoms with Crippen molar-refractivity contribution in [2.45, 2.75) is 13.3 Å². The Bertz CT molecular complexity index is 667. The smallest absolute Gasteiger partial charge is 0.305 e. The fraction of sp³-hybridized carbons (Fsp3) is 0.267. The van der Waals surface area contributed by atoms with Crippen LogP contribution in [-0.4, -0.2) is 44.5 Å². The molecule has 22 heavy (non-hydrogen) atoms. The van der Waals surface area contributed by atoms with Crippen molar-refractivity contribution in [3.8, 4) is 5.69 Å². The fourth-order valence-corrected chi connectivity index (χ4v) is 2.25. The summed E-state index contributed by atoms with van der Waals surface area (Å²) in [6, 6.07) is 7.62. The molecule has 0 atom stereocenters. The molecule has 0 saturated carbocycles. The van der Waals surface area contributed by atoms with Crippen molar-refractivity contribution in [2.75, 3.05) is 13.1 Å². The maximum Gasteiger partial charge on any atom is 0.305 e. The molecule has 0 bridgehead atoms. The van der Waals surface area contributed by atoms with E-state index < -0.39 is 5.97 Å². The Morgan fingerprint density at radius 2 is 2.00 bits per heavy atom. The molecule has 0 aliphatic rings. The summed E-state index contributed by atoms with van der Waals surface area (Å²) in [6.45, 7) is 2.43. The lowest BCUT2D eigenvalue weighted by Crippen LogP contribution is -2.33. The third-order valence-electron chi connectivity index (χ3n) is 3.19. The van der Waals surface area contributed by atoms with Gasteiger partial charge in [-0.3, -0.25) is 9.59 Å². The highest BCUT2D eigenvalue weighted by Gasteiger charge is 2.17. The average Bonchev–Trinajstić information content (AvgIpc) is 2.98. The van der Waals surface area contributed by atoms with Gasteiger partial charge in [-0.2, -0.15) is 0 Å². The van der Waals surface area contributed by atoms with E-state index >= 15 is 0 Å². The first kappa shape index (κ1) is 16.2. The number of carboxylic acid groups (broad SMARTS) is 1. The number of carbonyl (C=O) groups excluding carboxylic acids is 1. The molecule has 1 aromatic heterocycles. The van der Waals surface area contributed by atoms with E-state index in [0.717, 1.165) is 10.2 Å². The molecule has 6 nitrogen and oxygen atoms in total. The van der Waals surface area contributed by atoms with Crippen molar-refractivity contribution in [3.63, 3.8) is 0 Å². The van der Waals surface area contributed by atoms with Crippen LogP contribution in [0.15, 0.2) is 41.3 Å². The molecule has 2 aromatic rings. The van der Waals surface area contributed by atoms with Gasteiger partial charge in [-0.25, -0.2) is 4.98 Å². The molecule has 116 valence electrons. The summed E-state index contributed by atoms with van der Waals surface area (Å²) in [5, 5.41) is 8.72. The van der Waals surface area contributed by atoms with E-state index in [1.54, 1.807) is 17.1 Å². The van der Waals surface area contributed by atoms with Crippen LogP contribution >= 0.6 is 15.9 Å². The Balaban J connectivity index is 2.14. The lowest BCUT2D eigenvalue weighted by atomic mass is 10.3. The van der Waals surface area contributed by atoms with Crippen molar-refractivity contribution in [3.05, 3.63) is 47.0 Å². The second-order valence-corrected chi connectivity index (χ2v) is 5.59. The van der Waals surface area contributed by atoms with E-state index in [1.165, 1.54) is 4.90 Å². The third-order valence-corrected chi connectivity index (χ3v) is 3.72. The van der Waals surface area contributed by atoms with Gasteiger partial charge >= 0.3 is 5.97 Å². The Morgan fingerprint density at radius 3 is 2.59 bits per heavy atom. The van der Waals surface area contributed by atoms with Crippen molar-refractivity contribution in [1.29, 1.82) is 0 Å². The van der Waals surface area contributed by atoms with E-state index in [-0.39, 0.29) is 18.9 Å². The second kappa shape index (κ2) is 7.22. The predicted octanol–water partition coefficient (Wildman–Crippen LogP) is 2.57. The number of benzene rings is 1. The standard InChI is InChI=1S/C15H16BrN3O3/c1-2-18(8-7-14(20)21)15(22)13-9-19(10-17-13)12-5-3-11(16)4-6-12/h3-6,9-10H,2,7-8H2,1H3,(H,20,21). The number of carbonyl (C=O) groups is 2. The number of aromatic nitrogens is 2. The third kappa shape index (κ3) is 3.94. The van der Waals surface area contributed by atoms with Gasteiger partial charge in [0.2, 0.25) is 0 Å². The summed E-state index contributed by atoms with van der Waals surface area (Å²) in [5.41, 5.74) is 1.19. The van der Waals surface area contributed by atoms with Crippen molar-refractivity contribution < 1.29 is 14.7 Å². The molecule has 2 rings (SSSR count). The summed E-state index contributed by atoms with van der Waals surface area (Å²) in [6.07, 6.45) is 3.14. The molecule has 0 spiro atoms. The van der Waals surface area contributed by atoms with Gasteiger partial charge in [-0.15, -0.1) is 0 Å². The van der Waals surface area contributed by atoms with Crippen LogP contribution in [0.4, 0.5) is 0 Å². The van der Waals surface area contributed by atoms with Gasteiger partial charge in [0.25, 0.3) is 5.91 Å². The average molecular weight is 366 g/mol. The molecule has 7 heteroatoms. The number of imidazole rings is 1. The Hall–Kier alpha value is -2.15. The minimum absolute atomic E-state index is 0.0764. The topological polar surface area (TPSA) is 75.4 Å². The minimum atomic E-state index is -0.924. The highest BCUT2D eigenvalue weighted by molar-refractivity contribution is 9.10. The van der Waals surface area contributed by atoms with Gasteiger partial charge in [0.1, 0.15) is 12.0 Å². The van der Waals surface area contributed by atoms with E-state index in [9.17, 15) is 9.59 Å². The molecular formula is C15H16BrN3O3. The van der Waals surface area contributed by atoms with Crippen molar-refractivity contribution in [1.82, 2.24) is 14.5 Å². The van der Waals surface area contributed by atoms with Crippen LogP contribution in [-0.2, 0) is 4.79 Å². The molecule has 0 saturated heterocycles. The highest BCUT2D eigenvalue weighted by Crippen LogP contribution is 2.15. The molecule has 1 aromatic carbocycles. The summed E-state index contributed by atoms with van der Waals surface area (Å²) in [5.74, 6) is -1.19. The SMILES string of the molecule is CCN(CCC(=O)O)C(=O)c1cn(-c2ccc(Br)cc2)cn1. The largest absolute Gasteiger partial charge is 0.481 e. The number of aliphatic carboxylic acids is 1. The molecule has 1 N–H and O–H groups in total. The maximum atomic E-state index is 12.3. The maximum absolute atomic E-state index is 12.3. The first-order chi connectivity index (χ1) is 10.5. The van der Waals surface area contributed by atoms with Crippen LogP contribution in [0, 0.1) is 0 Å². The van der Waals surface area contributed by atoms with Gasteiger partial charge < -0.3 is 14.6 Å². The molecule has 1 heterocycles. The van der Waals surface area contributed by atoms with Gasteiger partial charge in [0.15, 0.2) is 0 Å². The molecule has 0 fully saturated rings.